The van der Waals surface area contributed by atoms with Crippen molar-refractivity contribution >= 4 is 11.6 Å². The maximum atomic E-state index is 10.1. The van der Waals surface area contributed by atoms with E-state index in [0.29, 0.717) is 18.1 Å². The molecule has 0 radical (unpaired) electrons. The average molecular weight is 322 g/mol. The van der Waals surface area contributed by atoms with Crippen molar-refractivity contribution in [3.8, 4) is 11.5 Å². The van der Waals surface area contributed by atoms with Crippen LogP contribution < -0.4 is 14.8 Å². The third kappa shape index (κ3) is 4.37. The molecule has 2 rings (SSSR count). The normalized spacial score (nSPS) is 12.0. The van der Waals surface area contributed by atoms with Gasteiger partial charge in [-0.1, -0.05) is 29.8 Å². The van der Waals surface area contributed by atoms with Gasteiger partial charge in [-0.15, -0.1) is 0 Å². The van der Waals surface area contributed by atoms with Gasteiger partial charge in [0.2, 0.25) is 0 Å². The Labute approximate surface area is 135 Å². The lowest BCUT2D eigenvalue weighted by Crippen LogP contribution is -2.21. The van der Waals surface area contributed by atoms with Gasteiger partial charge in [-0.25, -0.2) is 0 Å². The van der Waals surface area contributed by atoms with Crippen molar-refractivity contribution in [3.05, 3.63) is 58.6 Å². The summed E-state index contributed by atoms with van der Waals surface area (Å²) in [6.45, 7) is 1.04. The fourth-order valence-electron chi connectivity index (χ4n) is 2.14. The molecule has 2 aromatic carbocycles. The maximum absolute atomic E-state index is 10.1. The molecule has 118 valence electrons. The number of aliphatic hydroxyl groups excluding tert-OH is 1. The van der Waals surface area contributed by atoms with Crippen molar-refractivity contribution < 1.29 is 14.6 Å². The summed E-state index contributed by atoms with van der Waals surface area (Å²) in [5.41, 5.74) is 1.84. The Balaban J connectivity index is 1.91. The van der Waals surface area contributed by atoms with Gasteiger partial charge in [-0.2, -0.15) is 0 Å². The molecule has 0 spiro atoms. The number of halogens is 1. The van der Waals surface area contributed by atoms with Crippen molar-refractivity contribution in [2.24, 2.45) is 0 Å². The van der Waals surface area contributed by atoms with Gasteiger partial charge in [-0.3, -0.25) is 0 Å². The number of ether oxygens (including phenoxy) is 2. The van der Waals surface area contributed by atoms with Crippen LogP contribution in [0, 0.1) is 0 Å². The molecular weight excluding hydrogens is 302 g/mol. The van der Waals surface area contributed by atoms with E-state index in [1.807, 2.05) is 30.3 Å². The van der Waals surface area contributed by atoms with Gasteiger partial charge in [0.1, 0.15) is 11.5 Å². The van der Waals surface area contributed by atoms with E-state index in [1.165, 1.54) is 0 Å². The van der Waals surface area contributed by atoms with Crippen LogP contribution in [0.3, 0.4) is 0 Å². The highest BCUT2D eigenvalue weighted by Crippen LogP contribution is 2.24. The Kier molecular flexibility index (Phi) is 6.07. The first kappa shape index (κ1) is 16.6. The Bertz CT molecular complexity index is 601. The lowest BCUT2D eigenvalue weighted by molar-refractivity contribution is 0.174. The number of hydrogen-bond donors (Lipinski definition) is 2. The highest BCUT2D eigenvalue weighted by atomic mass is 35.5. The fourth-order valence-corrected chi connectivity index (χ4v) is 2.27. The van der Waals surface area contributed by atoms with E-state index in [1.54, 1.807) is 26.4 Å². The van der Waals surface area contributed by atoms with Crippen LogP contribution in [0.1, 0.15) is 17.2 Å². The van der Waals surface area contributed by atoms with Crippen LogP contribution in [0.4, 0.5) is 0 Å². The number of benzene rings is 2. The largest absolute Gasteiger partial charge is 0.497 e. The summed E-state index contributed by atoms with van der Waals surface area (Å²) in [7, 11) is 3.25. The highest BCUT2D eigenvalue weighted by Gasteiger charge is 2.09. The molecule has 0 saturated heterocycles. The molecule has 0 heterocycles. The Morgan fingerprint density at radius 3 is 2.45 bits per heavy atom. The zero-order valence-electron chi connectivity index (χ0n) is 12.7. The molecular formula is C17H20ClNO3. The van der Waals surface area contributed by atoms with E-state index < -0.39 is 6.10 Å². The number of methoxy groups -OCH3 is 2. The molecule has 2 aromatic rings. The molecule has 0 aliphatic heterocycles. The summed E-state index contributed by atoms with van der Waals surface area (Å²) in [4.78, 5) is 0. The summed E-state index contributed by atoms with van der Waals surface area (Å²) >= 11 is 5.84. The van der Waals surface area contributed by atoms with Crippen LogP contribution in [0.2, 0.25) is 5.02 Å². The van der Waals surface area contributed by atoms with Gasteiger partial charge in [0, 0.05) is 29.7 Å². The predicted octanol–water partition coefficient (Wildman–Crippen LogP) is 3.18. The number of hydrogen-bond acceptors (Lipinski definition) is 4. The fraction of sp³-hybridized carbons (Fsp3) is 0.294. The van der Waals surface area contributed by atoms with E-state index >= 15 is 0 Å². The van der Waals surface area contributed by atoms with Crippen LogP contribution in [0.5, 0.6) is 11.5 Å². The first-order valence-corrected chi connectivity index (χ1v) is 7.37. The second-order valence-electron chi connectivity index (χ2n) is 4.88. The van der Waals surface area contributed by atoms with E-state index in [2.05, 4.69) is 5.32 Å². The monoisotopic (exact) mass is 321 g/mol. The van der Waals surface area contributed by atoms with Crippen LogP contribution in [0.25, 0.3) is 0 Å². The van der Waals surface area contributed by atoms with Crippen LogP contribution in [-0.2, 0) is 6.54 Å². The lowest BCUT2D eigenvalue weighted by Gasteiger charge is -2.14. The maximum Gasteiger partial charge on any atom is 0.127 e. The van der Waals surface area contributed by atoms with Crippen molar-refractivity contribution in [1.29, 1.82) is 0 Å². The van der Waals surface area contributed by atoms with Gasteiger partial charge in [-0.05, 0) is 23.8 Å². The van der Waals surface area contributed by atoms with E-state index in [4.69, 9.17) is 21.1 Å². The summed E-state index contributed by atoms with van der Waals surface area (Å²) in [6.07, 6.45) is -0.582. The van der Waals surface area contributed by atoms with Crippen molar-refractivity contribution in [2.75, 3.05) is 20.8 Å². The number of nitrogens with one attached hydrogen (secondary N) is 1. The molecule has 0 bridgehead atoms. The zero-order valence-corrected chi connectivity index (χ0v) is 13.4. The lowest BCUT2D eigenvalue weighted by atomic mass is 10.1. The first-order chi connectivity index (χ1) is 10.6. The SMILES string of the molecule is COc1ccc(CNC[C@@H](O)c2ccc(Cl)cc2)c(OC)c1. The minimum Gasteiger partial charge on any atom is -0.497 e. The molecule has 0 amide bonds. The molecule has 4 nitrogen and oxygen atoms in total. The Hall–Kier alpha value is -1.75. The van der Waals surface area contributed by atoms with Crippen molar-refractivity contribution in [3.63, 3.8) is 0 Å². The van der Waals surface area contributed by atoms with E-state index in [9.17, 15) is 5.11 Å². The van der Waals surface area contributed by atoms with Gasteiger partial charge in [0.15, 0.2) is 0 Å². The van der Waals surface area contributed by atoms with Gasteiger partial charge < -0.3 is 19.9 Å². The quantitative estimate of drug-likeness (QED) is 0.822. The van der Waals surface area contributed by atoms with E-state index in [-0.39, 0.29) is 0 Å². The molecule has 1 atom stereocenters. The first-order valence-electron chi connectivity index (χ1n) is 6.99. The Morgan fingerprint density at radius 1 is 1.09 bits per heavy atom. The standard InChI is InChI=1S/C17H20ClNO3/c1-21-15-8-5-13(17(9-15)22-2)10-19-11-16(20)12-3-6-14(18)7-4-12/h3-9,16,19-20H,10-11H2,1-2H3/t16-/m1/s1. The molecule has 0 fully saturated rings. The topological polar surface area (TPSA) is 50.7 Å². The second kappa shape index (κ2) is 8.03. The number of rotatable bonds is 7. The van der Waals surface area contributed by atoms with Gasteiger partial charge in [0.05, 0.1) is 20.3 Å². The molecule has 0 unspecified atom stereocenters. The van der Waals surface area contributed by atoms with Crippen molar-refractivity contribution in [1.82, 2.24) is 5.32 Å². The van der Waals surface area contributed by atoms with Crippen molar-refractivity contribution in [2.45, 2.75) is 12.6 Å². The average Bonchev–Trinajstić information content (AvgIpc) is 2.55. The van der Waals surface area contributed by atoms with Gasteiger partial charge >= 0.3 is 0 Å². The van der Waals surface area contributed by atoms with Crippen LogP contribution in [-0.4, -0.2) is 25.9 Å². The minimum absolute atomic E-state index is 0.441. The van der Waals surface area contributed by atoms with E-state index in [0.717, 1.165) is 22.6 Å². The smallest absolute Gasteiger partial charge is 0.127 e. The molecule has 0 saturated carbocycles. The summed E-state index contributed by atoms with van der Waals surface area (Å²) in [6, 6.07) is 12.9. The summed E-state index contributed by atoms with van der Waals surface area (Å²) in [5.74, 6) is 1.51. The molecule has 2 N–H and O–H groups in total. The highest BCUT2D eigenvalue weighted by molar-refractivity contribution is 6.30. The minimum atomic E-state index is -0.582. The molecule has 0 aromatic heterocycles. The molecule has 5 heteroatoms. The second-order valence-corrected chi connectivity index (χ2v) is 5.31. The predicted molar refractivity (Wildman–Crippen MR) is 87.7 cm³/mol. The summed E-state index contributed by atoms with van der Waals surface area (Å²) < 4.78 is 10.5. The number of aliphatic hydroxyl groups is 1. The van der Waals surface area contributed by atoms with Crippen LogP contribution >= 0.6 is 11.6 Å². The molecule has 0 aliphatic carbocycles. The van der Waals surface area contributed by atoms with Crippen LogP contribution in [0.15, 0.2) is 42.5 Å². The molecule has 0 aliphatic rings. The summed E-state index contributed by atoms with van der Waals surface area (Å²) in [5, 5.41) is 14.0. The zero-order chi connectivity index (χ0) is 15.9. The Morgan fingerprint density at radius 2 is 1.82 bits per heavy atom. The third-order valence-corrected chi connectivity index (χ3v) is 3.65. The third-order valence-electron chi connectivity index (χ3n) is 3.40. The van der Waals surface area contributed by atoms with Gasteiger partial charge in [0.25, 0.3) is 0 Å². The molecule has 22 heavy (non-hydrogen) atoms.